The highest BCUT2D eigenvalue weighted by Gasteiger charge is 2.11. The summed E-state index contributed by atoms with van der Waals surface area (Å²) >= 11 is 0. The first-order valence-corrected chi connectivity index (χ1v) is 7.88. The van der Waals surface area contributed by atoms with Crippen LogP contribution in [0.5, 0.6) is 0 Å². The molecule has 0 aliphatic carbocycles. The van der Waals surface area contributed by atoms with Crippen molar-refractivity contribution in [3.05, 3.63) is 47.7 Å². The van der Waals surface area contributed by atoms with Gasteiger partial charge in [0.25, 0.3) is 0 Å². The van der Waals surface area contributed by atoms with Gasteiger partial charge in [-0.25, -0.2) is 0 Å². The Bertz CT molecular complexity index is 619. The van der Waals surface area contributed by atoms with Crippen LogP contribution in [0.15, 0.2) is 42.1 Å². The Morgan fingerprint density at radius 1 is 0.900 bits per heavy atom. The number of benzene rings is 2. The van der Waals surface area contributed by atoms with E-state index in [1.54, 1.807) is 0 Å². The molecule has 1 N–H and O–H groups in total. The fraction of sp³-hybridized carbons (Fsp3) is 0.368. The first kappa shape index (κ1) is 13.2. The van der Waals surface area contributed by atoms with Crippen molar-refractivity contribution in [1.82, 2.24) is 0 Å². The molecule has 0 saturated carbocycles. The Kier molecular flexibility index (Phi) is 4.05. The summed E-state index contributed by atoms with van der Waals surface area (Å²) in [6.45, 7) is 2.27. The minimum atomic E-state index is 1.16. The van der Waals surface area contributed by atoms with E-state index in [0.717, 1.165) is 6.42 Å². The van der Waals surface area contributed by atoms with E-state index >= 15 is 0 Å². The molecule has 0 bridgehead atoms. The van der Waals surface area contributed by atoms with Gasteiger partial charge in [-0.15, -0.1) is 0 Å². The largest absolute Gasteiger partial charge is 0.358 e. The van der Waals surface area contributed by atoms with Crippen molar-refractivity contribution in [2.75, 3.05) is 5.32 Å². The monoisotopic (exact) mass is 265 g/mol. The van der Waals surface area contributed by atoms with Crippen molar-refractivity contribution >= 4 is 22.5 Å². The fourth-order valence-electron chi connectivity index (χ4n) is 3.04. The predicted molar refractivity (Wildman–Crippen MR) is 88.9 cm³/mol. The Balaban J connectivity index is 1.73. The van der Waals surface area contributed by atoms with Crippen molar-refractivity contribution in [3.63, 3.8) is 0 Å². The molecule has 104 valence electrons. The average molecular weight is 265 g/mol. The zero-order valence-electron chi connectivity index (χ0n) is 12.3. The molecule has 0 fully saturated rings. The van der Waals surface area contributed by atoms with Gasteiger partial charge in [0.05, 0.1) is 0 Å². The zero-order valence-corrected chi connectivity index (χ0v) is 12.3. The topological polar surface area (TPSA) is 12.0 Å². The van der Waals surface area contributed by atoms with Gasteiger partial charge in [-0.05, 0) is 35.9 Å². The first-order chi connectivity index (χ1) is 9.88. The highest BCUT2D eigenvalue weighted by Crippen LogP contribution is 2.34. The van der Waals surface area contributed by atoms with E-state index in [9.17, 15) is 0 Å². The molecule has 1 heterocycles. The fourth-order valence-corrected chi connectivity index (χ4v) is 3.04. The SMILES string of the molecule is CCCCCCCC1=Cc2cccc3cccc(c23)N1. The van der Waals surface area contributed by atoms with Crippen LogP contribution >= 0.6 is 0 Å². The maximum atomic E-state index is 3.61. The highest BCUT2D eigenvalue weighted by atomic mass is 14.9. The van der Waals surface area contributed by atoms with E-state index < -0.39 is 0 Å². The van der Waals surface area contributed by atoms with Crippen LogP contribution in [0, 0.1) is 0 Å². The zero-order chi connectivity index (χ0) is 13.8. The van der Waals surface area contributed by atoms with Crippen LogP contribution in [0.1, 0.15) is 51.0 Å². The van der Waals surface area contributed by atoms with E-state index in [2.05, 4.69) is 54.7 Å². The van der Waals surface area contributed by atoms with Crippen LogP contribution in [0.2, 0.25) is 0 Å². The lowest BCUT2D eigenvalue weighted by atomic mass is 9.97. The van der Waals surface area contributed by atoms with Gasteiger partial charge in [0.1, 0.15) is 0 Å². The molecule has 0 radical (unpaired) electrons. The molecule has 3 rings (SSSR count). The van der Waals surface area contributed by atoms with E-state index in [1.807, 2.05) is 0 Å². The van der Waals surface area contributed by atoms with Gasteiger partial charge in [0, 0.05) is 16.8 Å². The first-order valence-electron chi connectivity index (χ1n) is 7.88. The molecule has 1 aliphatic rings. The lowest BCUT2D eigenvalue weighted by Crippen LogP contribution is -2.05. The predicted octanol–water partition coefficient (Wildman–Crippen LogP) is 5.97. The molecule has 0 aromatic heterocycles. The van der Waals surface area contributed by atoms with Gasteiger partial charge in [-0.1, -0.05) is 62.9 Å². The second-order valence-electron chi connectivity index (χ2n) is 5.71. The van der Waals surface area contributed by atoms with Gasteiger partial charge < -0.3 is 5.32 Å². The molecule has 2 aromatic carbocycles. The number of unbranched alkanes of at least 4 members (excludes halogenated alkanes) is 4. The van der Waals surface area contributed by atoms with Crippen molar-refractivity contribution in [1.29, 1.82) is 0 Å². The Labute approximate surface area is 121 Å². The summed E-state index contributed by atoms with van der Waals surface area (Å²) in [5.41, 5.74) is 4.00. The Morgan fingerprint density at radius 2 is 1.70 bits per heavy atom. The number of hydrogen-bond donors (Lipinski definition) is 1. The normalized spacial score (nSPS) is 13.2. The van der Waals surface area contributed by atoms with E-state index in [1.165, 1.54) is 59.8 Å². The summed E-state index contributed by atoms with van der Waals surface area (Å²) in [5, 5.41) is 6.30. The molecule has 0 unspecified atom stereocenters. The van der Waals surface area contributed by atoms with Crippen LogP contribution in [0.4, 0.5) is 5.69 Å². The molecule has 0 saturated heterocycles. The van der Waals surface area contributed by atoms with Crippen molar-refractivity contribution in [2.24, 2.45) is 0 Å². The number of nitrogens with one attached hydrogen (secondary N) is 1. The molecule has 0 spiro atoms. The lowest BCUT2D eigenvalue weighted by Gasteiger charge is -2.20. The molecular weight excluding hydrogens is 242 g/mol. The summed E-state index contributed by atoms with van der Waals surface area (Å²) in [4.78, 5) is 0. The van der Waals surface area contributed by atoms with Crippen molar-refractivity contribution in [2.45, 2.75) is 45.4 Å². The van der Waals surface area contributed by atoms with Crippen molar-refractivity contribution in [3.8, 4) is 0 Å². The molecule has 2 aromatic rings. The van der Waals surface area contributed by atoms with E-state index in [-0.39, 0.29) is 0 Å². The van der Waals surface area contributed by atoms with Crippen molar-refractivity contribution < 1.29 is 0 Å². The standard InChI is InChI=1S/C19H23N/c1-2-3-4-5-6-12-17-14-16-11-7-9-15-10-8-13-18(20-17)19(15)16/h7-11,13-14,20H,2-6,12H2,1H3. The maximum Gasteiger partial charge on any atom is 0.0467 e. The minimum Gasteiger partial charge on any atom is -0.358 e. The molecule has 0 amide bonds. The quantitative estimate of drug-likeness (QED) is 0.635. The Morgan fingerprint density at radius 3 is 2.55 bits per heavy atom. The van der Waals surface area contributed by atoms with Gasteiger partial charge >= 0.3 is 0 Å². The third-order valence-electron chi connectivity index (χ3n) is 4.11. The average Bonchev–Trinajstić information content (AvgIpc) is 2.48. The number of anilines is 1. The summed E-state index contributed by atoms with van der Waals surface area (Å²) in [7, 11) is 0. The molecule has 0 atom stereocenters. The van der Waals surface area contributed by atoms with Crippen LogP contribution in [-0.2, 0) is 0 Å². The molecule has 1 heteroatoms. The number of hydrogen-bond acceptors (Lipinski definition) is 1. The second-order valence-corrected chi connectivity index (χ2v) is 5.71. The van der Waals surface area contributed by atoms with Crippen LogP contribution in [0.3, 0.4) is 0 Å². The maximum absolute atomic E-state index is 3.61. The van der Waals surface area contributed by atoms with Crippen LogP contribution in [-0.4, -0.2) is 0 Å². The van der Waals surface area contributed by atoms with Gasteiger partial charge in [-0.2, -0.15) is 0 Å². The summed E-state index contributed by atoms with van der Waals surface area (Å²) in [6, 6.07) is 13.1. The van der Waals surface area contributed by atoms with E-state index in [4.69, 9.17) is 0 Å². The van der Waals surface area contributed by atoms with Gasteiger partial charge in [-0.3, -0.25) is 0 Å². The third kappa shape index (κ3) is 2.72. The summed E-state index contributed by atoms with van der Waals surface area (Å²) < 4.78 is 0. The second kappa shape index (κ2) is 6.13. The van der Waals surface area contributed by atoms with Crippen LogP contribution in [0.25, 0.3) is 16.8 Å². The summed E-state index contributed by atoms with van der Waals surface area (Å²) in [5.74, 6) is 0. The molecule has 20 heavy (non-hydrogen) atoms. The highest BCUT2D eigenvalue weighted by molar-refractivity contribution is 6.03. The Hall–Kier alpha value is -1.76. The molecular formula is C19H23N. The number of allylic oxidation sites excluding steroid dienone is 1. The smallest absolute Gasteiger partial charge is 0.0467 e. The molecule has 1 aliphatic heterocycles. The minimum absolute atomic E-state index is 1.16. The van der Waals surface area contributed by atoms with Gasteiger partial charge in [0.2, 0.25) is 0 Å². The van der Waals surface area contributed by atoms with Crippen LogP contribution < -0.4 is 5.32 Å². The summed E-state index contributed by atoms with van der Waals surface area (Å²) in [6.07, 6.45) is 10.2. The molecule has 1 nitrogen and oxygen atoms in total. The third-order valence-corrected chi connectivity index (χ3v) is 4.11. The van der Waals surface area contributed by atoms with E-state index in [0.29, 0.717) is 0 Å². The lowest BCUT2D eigenvalue weighted by molar-refractivity contribution is 0.632. The number of rotatable bonds is 6. The van der Waals surface area contributed by atoms with Gasteiger partial charge in [0.15, 0.2) is 0 Å².